The van der Waals surface area contributed by atoms with E-state index in [1.165, 1.54) is 12.8 Å². The standard InChI is InChI=1S/C22H36O4/c1-13(23)15-4-5-16-14-10-19(24)18-12-22(25-8-9-26-22)7-6-20(18,2)17(14)11-21(15,16)3/h13-19,23-24H,4-12H2,1-3H3. The highest BCUT2D eigenvalue weighted by molar-refractivity contribution is 5.15. The van der Waals surface area contributed by atoms with Crippen LogP contribution in [-0.4, -0.2) is 41.4 Å². The van der Waals surface area contributed by atoms with Gasteiger partial charge in [-0.15, -0.1) is 0 Å². The topological polar surface area (TPSA) is 58.9 Å². The fourth-order valence-corrected chi connectivity index (χ4v) is 8.60. The summed E-state index contributed by atoms with van der Waals surface area (Å²) in [6.45, 7) is 8.27. The van der Waals surface area contributed by atoms with Crippen LogP contribution in [0, 0.1) is 40.4 Å². The zero-order valence-electron chi connectivity index (χ0n) is 16.6. The van der Waals surface area contributed by atoms with E-state index >= 15 is 0 Å². The van der Waals surface area contributed by atoms with Gasteiger partial charge in [-0.25, -0.2) is 0 Å². The molecular formula is C22H36O4. The zero-order valence-corrected chi connectivity index (χ0v) is 16.6. The van der Waals surface area contributed by atoms with Crippen molar-refractivity contribution in [1.82, 2.24) is 0 Å². The van der Waals surface area contributed by atoms with Crippen molar-refractivity contribution in [2.24, 2.45) is 40.4 Å². The fraction of sp³-hybridized carbons (Fsp3) is 1.00. The van der Waals surface area contributed by atoms with E-state index < -0.39 is 5.79 Å². The van der Waals surface area contributed by atoms with Gasteiger partial charge in [0.05, 0.1) is 25.4 Å². The van der Waals surface area contributed by atoms with Crippen LogP contribution in [0.4, 0.5) is 0 Å². The smallest absolute Gasteiger partial charge is 0.168 e. The molecule has 0 amide bonds. The van der Waals surface area contributed by atoms with E-state index in [1.54, 1.807) is 0 Å². The van der Waals surface area contributed by atoms with Crippen LogP contribution in [0.1, 0.15) is 65.7 Å². The van der Waals surface area contributed by atoms with Gasteiger partial charge in [0.1, 0.15) is 0 Å². The molecule has 9 unspecified atom stereocenters. The second-order valence-corrected chi connectivity index (χ2v) is 10.7. The van der Waals surface area contributed by atoms with E-state index in [-0.39, 0.29) is 29.0 Å². The van der Waals surface area contributed by atoms with Crippen LogP contribution in [0.25, 0.3) is 0 Å². The Balaban J connectivity index is 1.46. The molecule has 4 saturated carbocycles. The Morgan fingerprint density at radius 1 is 0.923 bits per heavy atom. The number of hydrogen-bond donors (Lipinski definition) is 2. The summed E-state index contributed by atoms with van der Waals surface area (Å²) in [5.74, 6) is 2.26. The molecule has 0 aromatic carbocycles. The maximum Gasteiger partial charge on any atom is 0.168 e. The van der Waals surface area contributed by atoms with Crippen LogP contribution < -0.4 is 0 Å². The van der Waals surface area contributed by atoms with Crippen molar-refractivity contribution in [3.8, 4) is 0 Å². The van der Waals surface area contributed by atoms with E-state index in [4.69, 9.17) is 9.47 Å². The Kier molecular flexibility index (Phi) is 3.91. The predicted octanol–water partition coefficient (Wildman–Crippen LogP) is 3.35. The lowest BCUT2D eigenvalue weighted by Crippen LogP contribution is -2.56. The Labute approximate surface area is 157 Å². The molecule has 4 heteroatoms. The molecule has 0 aromatic heterocycles. The van der Waals surface area contributed by atoms with E-state index in [0.717, 1.165) is 32.1 Å². The molecule has 1 saturated heterocycles. The Hall–Kier alpha value is -0.160. The lowest BCUT2D eigenvalue weighted by atomic mass is 9.50. The lowest BCUT2D eigenvalue weighted by molar-refractivity contribution is -0.237. The summed E-state index contributed by atoms with van der Waals surface area (Å²) in [5.41, 5.74) is 0.427. The number of ether oxygens (including phenoxy) is 2. The largest absolute Gasteiger partial charge is 0.393 e. The molecule has 0 radical (unpaired) electrons. The van der Waals surface area contributed by atoms with Gasteiger partial charge in [-0.3, -0.25) is 0 Å². The van der Waals surface area contributed by atoms with Crippen LogP contribution >= 0.6 is 0 Å². The first-order chi connectivity index (χ1) is 12.3. The number of rotatable bonds is 1. The van der Waals surface area contributed by atoms with Gasteiger partial charge in [0.2, 0.25) is 0 Å². The monoisotopic (exact) mass is 364 g/mol. The van der Waals surface area contributed by atoms with Gasteiger partial charge in [-0.2, -0.15) is 0 Å². The second-order valence-electron chi connectivity index (χ2n) is 10.7. The van der Waals surface area contributed by atoms with E-state index in [1.807, 2.05) is 6.92 Å². The van der Waals surface area contributed by atoms with Crippen molar-refractivity contribution < 1.29 is 19.7 Å². The maximum absolute atomic E-state index is 11.2. The third-order valence-corrected chi connectivity index (χ3v) is 9.82. The van der Waals surface area contributed by atoms with E-state index in [0.29, 0.717) is 36.9 Å². The van der Waals surface area contributed by atoms with Crippen LogP contribution in [0.2, 0.25) is 0 Å². The molecule has 4 nitrogen and oxygen atoms in total. The first-order valence-corrected chi connectivity index (χ1v) is 10.9. The average Bonchev–Trinajstić information content (AvgIpc) is 3.24. The van der Waals surface area contributed by atoms with E-state index in [9.17, 15) is 10.2 Å². The molecule has 1 heterocycles. The SMILES string of the molecule is CC(O)C1CCC2C3CC(O)C4CC5(CCC4(C)C3CC12C)OCCO5. The molecule has 5 fully saturated rings. The third-order valence-electron chi connectivity index (χ3n) is 9.82. The summed E-state index contributed by atoms with van der Waals surface area (Å²) in [6, 6.07) is 0. The first-order valence-electron chi connectivity index (χ1n) is 10.9. The highest BCUT2D eigenvalue weighted by atomic mass is 16.7. The summed E-state index contributed by atoms with van der Waals surface area (Å²) in [7, 11) is 0. The number of aliphatic hydroxyl groups is 2. The summed E-state index contributed by atoms with van der Waals surface area (Å²) < 4.78 is 12.0. The summed E-state index contributed by atoms with van der Waals surface area (Å²) >= 11 is 0. The Bertz CT molecular complexity index is 570. The average molecular weight is 365 g/mol. The lowest BCUT2D eigenvalue weighted by Gasteiger charge is -2.57. The van der Waals surface area contributed by atoms with Gasteiger partial charge >= 0.3 is 0 Å². The normalized spacial score (nSPS) is 56.2. The summed E-state index contributed by atoms with van der Waals surface area (Å²) in [6.07, 6.45) is 7.03. The zero-order chi connectivity index (χ0) is 18.3. The molecule has 5 rings (SSSR count). The van der Waals surface area contributed by atoms with Crippen molar-refractivity contribution in [3.05, 3.63) is 0 Å². The third kappa shape index (κ3) is 2.22. The van der Waals surface area contributed by atoms with Gasteiger partial charge in [0.25, 0.3) is 0 Å². The Morgan fingerprint density at radius 3 is 2.35 bits per heavy atom. The van der Waals surface area contributed by atoms with Crippen LogP contribution in [0.5, 0.6) is 0 Å². The molecule has 9 atom stereocenters. The van der Waals surface area contributed by atoms with Crippen molar-refractivity contribution in [1.29, 1.82) is 0 Å². The predicted molar refractivity (Wildman–Crippen MR) is 98.3 cm³/mol. The minimum atomic E-state index is -0.418. The summed E-state index contributed by atoms with van der Waals surface area (Å²) in [5, 5.41) is 21.6. The van der Waals surface area contributed by atoms with Gasteiger partial charge < -0.3 is 19.7 Å². The van der Waals surface area contributed by atoms with Crippen LogP contribution in [0.3, 0.4) is 0 Å². The van der Waals surface area contributed by atoms with Gasteiger partial charge in [0, 0.05) is 12.8 Å². The van der Waals surface area contributed by atoms with Gasteiger partial charge in [-0.1, -0.05) is 13.8 Å². The van der Waals surface area contributed by atoms with Crippen LogP contribution in [-0.2, 0) is 9.47 Å². The molecule has 1 spiro atoms. The molecule has 148 valence electrons. The number of hydrogen-bond acceptors (Lipinski definition) is 4. The molecule has 0 aromatic rings. The number of fused-ring (bicyclic) bond motifs is 5. The maximum atomic E-state index is 11.2. The highest BCUT2D eigenvalue weighted by Gasteiger charge is 2.67. The highest BCUT2D eigenvalue weighted by Crippen LogP contribution is 2.71. The minimum absolute atomic E-state index is 0.180. The molecule has 26 heavy (non-hydrogen) atoms. The van der Waals surface area contributed by atoms with Crippen molar-refractivity contribution in [3.63, 3.8) is 0 Å². The van der Waals surface area contributed by atoms with Gasteiger partial charge in [0.15, 0.2) is 5.79 Å². The van der Waals surface area contributed by atoms with Crippen molar-refractivity contribution >= 4 is 0 Å². The first kappa shape index (κ1) is 17.9. The quantitative estimate of drug-likeness (QED) is 0.749. The minimum Gasteiger partial charge on any atom is -0.393 e. The van der Waals surface area contributed by atoms with Gasteiger partial charge in [-0.05, 0) is 79.4 Å². The molecule has 5 aliphatic rings. The molecule has 0 bridgehead atoms. The van der Waals surface area contributed by atoms with E-state index in [2.05, 4.69) is 13.8 Å². The number of aliphatic hydroxyl groups excluding tert-OH is 2. The molecule has 4 aliphatic carbocycles. The molecule has 1 aliphatic heterocycles. The Morgan fingerprint density at radius 2 is 1.65 bits per heavy atom. The van der Waals surface area contributed by atoms with Crippen molar-refractivity contribution in [2.45, 2.75) is 83.7 Å². The second kappa shape index (κ2) is 5.68. The fourth-order valence-electron chi connectivity index (χ4n) is 8.60. The van der Waals surface area contributed by atoms with Crippen molar-refractivity contribution in [2.75, 3.05) is 13.2 Å². The van der Waals surface area contributed by atoms with Crippen LogP contribution in [0.15, 0.2) is 0 Å². The molecule has 2 N–H and O–H groups in total. The summed E-state index contributed by atoms with van der Waals surface area (Å²) in [4.78, 5) is 0. The molecular weight excluding hydrogens is 328 g/mol.